The van der Waals surface area contributed by atoms with Gasteiger partial charge in [-0.25, -0.2) is 0 Å². The van der Waals surface area contributed by atoms with E-state index in [0.29, 0.717) is 0 Å². The summed E-state index contributed by atoms with van der Waals surface area (Å²) in [5.74, 6) is 0. The van der Waals surface area contributed by atoms with Gasteiger partial charge in [0, 0.05) is 35.3 Å². The lowest BCUT2D eigenvalue weighted by molar-refractivity contribution is 0.411. The maximum absolute atomic E-state index is 4.92. The SMILES string of the molecule is CC(C)(C)Cc1ccnc(-c2ccc(-c3ccccc3-c3cc(CCc4ccc(-c5ccccn5)cc4)cc(CCc4ccc(-c5ccccn5)cc4)c3)c(-c3ccc(-c4ccccc4)cc3)c2)c1. The summed E-state index contributed by atoms with van der Waals surface area (Å²) in [5, 5.41) is 0. The van der Waals surface area contributed by atoms with E-state index in [9.17, 15) is 0 Å². The number of rotatable bonds is 14. The summed E-state index contributed by atoms with van der Waals surface area (Å²) in [5.41, 5.74) is 22.8. The second-order valence-corrected chi connectivity index (χ2v) is 19.4. The van der Waals surface area contributed by atoms with Crippen LogP contribution in [0.1, 0.15) is 48.6 Å². The Bertz CT molecular complexity index is 3170. The standard InChI is InChI=1S/C66H57N3/c1-66(2,3)46-51-37-40-69-65(44-51)57-35-36-61(62(45-57)54-33-31-53(32-34-54)52-13-5-4-6-14-52)60-16-8-7-15-59(60)58-42-49(21-19-47-23-27-55(28-24-47)63-17-9-11-38-67-63)41-50(43-58)22-20-48-25-29-56(30-26-48)64-18-10-12-39-68-64/h4-18,23-45H,19-22,46H2,1-3H3. The van der Waals surface area contributed by atoms with E-state index in [1.807, 2.05) is 42.9 Å². The molecule has 0 aliphatic rings. The van der Waals surface area contributed by atoms with Crippen LogP contribution in [-0.4, -0.2) is 15.0 Å². The van der Waals surface area contributed by atoms with Gasteiger partial charge in [-0.2, -0.15) is 0 Å². The van der Waals surface area contributed by atoms with Crippen LogP contribution in [0.2, 0.25) is 0 Å². The number of aryl methyl sites for hydroxylation is 4. The molecule has 0 atom stereocenters. The van der Waals surface area contributed by atoms with Crippen molar-refractivity contribution >= 4 is 0 Å². The summed E-state index contributed by atoms with van der Waals surface area (Å²) < 4.78 is 0. The van der Waals surface area contributed by atoms with E-state index in [4.69, 9.17) is 4.98 Å². The molecule has 0 bridgehead atoms. The Labute approximate surface area is 408 Å². The molecule has 3 heteroatoms. The Hall–Kier alpha value is -8.01. The fraction of sp³-hybridized carbons (Fsp3) is 0.136. The maximum atomic E-state index is 4.92. The van der Waals surface area contributed by atoms with Gasteiger partial charge in [0.15, 0.2) is 0 Å². The van der Waals surface area contributed by atoms with Crippen LogP contribution in [0.15, 0.2) is 231 Å². The Kier molecular flexibility index (Phi) is 13.3. The summed E-state index contributed by atoms with van der Waals surface area (Å²) in [6.45, 7) is 6.88. The number of nitrogens with zero attached hydrogens (tertiary/aromatic N) is 3. The molecule has 10 aromatic rings. The number of hydrogen-bond donors (Lipinski definition) is 0. The molecule has 69 heavy (non-hydrogen) atoms. The zero-order valence-electron chi connectivity index (χ0n) is 39.8. The molecule has 0 fully saturated rings. The molecule has 0 saturated carbocycles. The average Bonchev–Trinajstić information content (AvgIpc) is 3.40. The monoisotopic (exact) mass is 891 g/mol. The van der Waals surface area contributed by atoms with Crippen LogP contribution in [0.5, 0.6) is 0 Å². The van der Waals surface area contributed by atoms with Gasteiger partial charge in [-0.15, -0.1) is 0 Å². The minimum Gasteiger partial charge on any atom is -0.256 e. The van der Waals surface area contributed by atoms with Crippen LogP contribution in [0.3, 0.4) is 0 Å². The van der Waals surface area contributed by atoms with Gasteiger partial charge in [-0.3, -0.25) is 15.0 Å². The van der Waals surface area contributed by atoms with Crippen molar-refractivity contribution < 1.29 is 0 Å². The van der Waals surface area contributed by atoms with E-state index < -0.39 is 0 Å². The second-order valence-electron chi connectivity index (χ2n) is 19.4. The molecule has 0 unspecified atom stereocenters. The van der Waals surface area contributed by atoms with E-state index in [1.54, 1.807) is 0 Å². The molecule has 336 valence electrons. The van der Waals surface area contributed by atoms with Crippen molar-refractivity contribution in [2.45, 2.75) is 52.9 Å². The van der Waals surface area contributed by atoms with Crippen LogP contribution in [0, 0.1) is 5.41 Å². The fourth-order valence-corrected chi connectivity index (χ4v) is 9.51. The van der Waals surface area contributed by atoms with Gasteiger partial charge in [0.1, 0.15) is 0 Å². The molecule has 7 aromatic carbocycles. The molecule has 0 aliphatic carbocycles. The predicted molar refractivity (Wildman–Crippen MR) is 289 cm³/mol. The van der Waals surface area contributed by atoms with Crippen molar-refractivity contribution in [3.05, 3.63) is 259 Å². The molecule has 0 radical (unpaired) electrons. The van der Waals surface area contributed by atoms with Crippen molar-refractivity contribution in [3.8, 4) is 78.3 Å². The quantitative estimate of drug-likeness (QED) is 0.109. The maximum Gasteiger partial charge on any atom is 0.0704 e. The Morgan fingerprint density at radius 3 is 1.33 bits per heavy atom. The number of benzene rings is 7. The number of pyridine rings is 3. The zero-order valence-corrected chi connectivity index (χ0v) is 39.8. The average molecular weight is 892 g/mol. The van der Waals surface area contributed by atoms with Crippen molar-refractivity contribution in [3.63, 3.8) is 0 Å². The minimum atomic E-state index is 0.174. The van der Waals surface area contributed by atoms with Crippen LogP contribution >= 0.6 is 0 Å². The molecule has 3 aromatic heterocycles. The first-order chi connectivity index (χ1) is 33.8. The van der Waals surface area contributed by atoms with E-state index in [1.165, 1.54) is 72.3 Å². The van der Waals surface area contributed by atoms with E-state index >= 15 is 0 Å². The van der Waals surface area contributed by atoms with E-state index in [2.05, 4.69) is 219 Å². The third-order valence-electron chi connectivity index (χ3n) is 13.0. The van der Waals surface area contributed by atoms with Crippen LogP contribution in [0.25, 0.3) is 78.3 Å². The Morgan fingerprint density at radius 2 is 0.754 bits per heavy atom. The molecule has 0 amide bonds. The highest BCUT2D eigenvalue weighted by Crippen LogP contribution is 2.41. The Morgan fingerprint density at radius 1 is 0.275 bits per heavy atom. The zero-order chi connectivity index (χ0) is 47.0. The largest absolute Gasteiger partial charge is 0.256 e. The highest BCUT2D eigenvalue weighted by Gasteiger charge is 2.18. The third kappa shape index (κ3) is 11.1. The van der Waals surface area contributed by atoms with Gasteiger partial charge in [0.25, 0.3) is 0 Å². The summed E-state index contributed by atoms with van der Waals surface area (Å²) >= 11 is 0. The Balaban J connectivity index is 1.02. The highest BCUT2D eigenvalue weighted by atomic mass is 14.7. The van der Waals surface area contributed by atoms with Crippen LogP contribution < -0.4 is 0 Å². The molecule has 0 saturated heterocycles. The number of aromatic nitrogens is 3. The first-order valence-corrected chi connectivity index (χ1v) is 24.3. The molecule has 0 aliphatic heterocycles. The van der Waals surface area contributed by atoms with Gasteiger partial charge in [0.2, 0.25) is 0 Å². The first kappa shape index (κ1) is 44.8. The van der Waals surface area contributed by atoms with Crippen LogP contribution in [-0.2, 0) is 32.1 Å². The summed E-state index contributed by atoms with van der Waals surface area (Å²) in [6, 6.07) is 77.3. The predicted octanol–water partition coefficient (Wildman–Crippen LogP) is 16.7. The van der Waals surface area contributed by atoms with Crippen LogP contribution in [0.4, 0.5) is 0 Å². The van der Waals surface area contributed by atoms with Gasteiger partial charge >= 0.3 is 0 Å². The van der Waals surface area contributed by atoms with Crippen molar-refractivity contribution in [2.75, 3.05) is 0 Å². The summed E-state index contributed by atoms with van der Waals surface area (Å²) in [7, 11) is 0. The fourth-order valence-electron chi connectivity index (χ4n) is 9.51. The van der Waals surface area contributed by atoms with Gasteiger partial charge in [-0.05, 0) is 152 Å². The minimum absolute atomic E-state index is 0.174. The summed E-state index contributed by atoms with van der Waals surface area (Å²) in [4.78, 5) is 14.1. The molecule has 3 nitrogen and oxygen atoms in total. The van der Waals surface area contributed by atoms with Gasteiger partial charge < -0.3 is 0 Å². The normalized spacial score (nSPS) is 11.4. The summed E-state index contributed by atoms with van der Waals surface area (Å²) in [6.07, 6.45) is 10.4. The number of hydrogen-bond acceptors (Lipinski definition) is 3. The van der Waals surface area contributed by atoms with Gasteiger partial charge in [-0.1, -0.05) is 191 Å². The highest BCUT2D eigenvalue weighted by molar-refractivity contribution is 5.94. The lowest BCUT2D eigenvalue weighted by Gasteiger charge is -2.19. The van der Waals surface area contributed by atoms with E-state index in [-0.39, 0.29) is 5.41 Å². The molecule has 10 rings (SSSR count). The van der Waals surface area contributed by atoms with Gasteiger partial charge in [0.05, 0.1) is 17.1 Å². The van der Waals surface area contributed by atoms with Crippen molar-refractivity contribution in [2.24, 2.45) is 5.41 Å². The molecular weight excluding hydrogens is 835 g/mol. The first-order valence-electron chi connectivity index (χ1n) is 24.3. The smallest absolute Gasteiger partial charge is 0.0704 e. The molecule has 3 heterocycles. The molecule has 0 spiro atoms. The molecular formula is C66H57N3. The molecule has 0 N–H and O–H groups in total. The van der Waals surface area contributed by atoms with Crippen molar-refractivity contribution in [1.29, 1.82) is 0 Å². The van der Waals surface area contributed by atoms with E-state index in [0.717, 1.165) is 65.9 Å². The lowest BCUT2D eigenvalue weighted by Crippen LogP contribution is -2.09. The third-order valence-corrected chi connectivity index (χ3v) is 13.0. The second kappa shape index (κ2) is 20.5. The van der Waals surface area contributed by atoms with Crippen molar-refractivity contribution in [1.82, 2.24) is 15.0 Å². The topological polar surface area (TPSA) is 38.7 Å². The lowest BCUT2D eigenvalue weighted by atomic mass is 9.86.